The highest BCUT2D eigenvalue weighted by atomic mass is 79.9. The van der Waals surface area contributed by atoms with Crippen LogP contribution in [0.4, 0.5) is 11.4 Å². The van der Waals surface area contributed by atoms with Gasteiger partial charge in [-0.05, 0) is 55.5 Å². The average Bonchev–Trinajstić information content (AvgIpc) is 2.89. The lowest BCUT2D eigenvalue weighted by Crippen LogP contribution is -2.32. The SMILES string of the molecule is CCN1C(=O)C(=NNC(=S)Nc2cccc(S(N)(=O)=O)c2)c2cc(Br)ccc21. The highest BCUT2D eigenvalue weighted by Gasteiger charge is 2.33. The molecule has 0 saturated carbocycles. The third-order valence-corrected chi connectivity index (χ3v) is 5.56. The second-order valence-corrected chi connectivity index (χ2v) is 8.70. The van der Waals surface area contributed by atoms with E-state index < -0.39 is 10.0 Å². The monoisotopic (exact) mass is 481 g/mol. The molecule has 0 aromatic heterocycles. The molecule has 28 heavy (non-hydrogen) atoms. The molecule has 4 N–H and O–H groups in total. The van der Waals surface area contributed by atoms with E-state index in [1.54, 1.807) is 11.0 Å². The number of hydrogen-bond acceptors (Lipinski definition) is 5. The lowest BCUT2D eigenvalue weighted by molar-refractivity contribution is -0.112. The van der Waals surface area contributed by atoms with E-state index in [-0.39, 0.29) is 21.6 Å². The summed E-state index contributed by atoms with van der Waals surface area (Å²) in [6.07, 6.45) is 0. The number of benzene rings is 2. The second kappa shape index (κ2) is 7.95. The van der Waals surface area contributed by atoms with Crippen LogP contribution in [0.5, 0.6) is 0 Å². The zero-order valence-corrected chi connectivity index (χ0v) is 17.9. The molecule has 11 heteroatoms. The number of likely N-dealkylation sites (N-methyl/N-ethyl adjacent to an activating group) is 1. The van der Waals surface area contributed by atoms with Crippen LogP contribution in [0.3, 0.4) is 0 Å². The van der Waals surface area contributed by atoms with Gasteiger partial charge >= 0.3 is 0 Å². The van der Waals surface area contributed by atoms with Crippen molar-refractivity contribution in [2.75, 3.05) is 16.8 Å². The number of primary sulfonamides is 1. The topological polar surface area (TPSA) is 117 Å². The summed E-state index contributed by atoms with van der Waals surface area (Å²) in [5.41, 5.74) is 4.75. The maximum Gasteiger partial charge on any atom is 0.279 e. The van der Waals surface area contributed by atoms with Crippen molar-refractivity contribution in [3.05, 3.63) is 52.5 Å². The molecule has 2 aromatic carbocycles. The zero-order chi connectivity index (χ0) is 20.5. The van der Waals surface area contributed by atoms with E-state index in [9.17, 15) is 13.2 Å². The number of nitrogens with one attached hydrogen (secondary N) is 2. The summed E-state index contributed by atoms with van der Waals surface area (Å²) in [6.45, 7) is 2.39. The smallest absolute Gasteiger partial charge is 0.279 e. The highest BCUT2D eigenvalue weighted by Crippen LogP contribution is 2.31. The molecule has 1 aliphatic heterocycles. The first-order valence-corrected chi connectivity index (χ1v) is 10.8. The number of hydrazone groups is 1. The number of carbonyl (C=O) groups excluding carboxylic acids is 1. The van der Waals surface area contributed by atoms with Gasteiger partial charge in [0.05, 0.1) is 10.6 Å². The Hall–Kier alpha value is -2.34. The number of rotatable bonds is 4. The van der Waals surface area contributed by atoms with E-state index in [1.807, 2.05) is 25.1 Å². The fourth-order valence-electron chi connectivity index (χ4n) is 2.72. The van der Waals surface area contributed by atoms with Crippen molar-refractivity contribution in [1.29, 1.82) is 0 Å². The number of nitrogens with zero attached hydrogens (tertiary/aromatic N) is 2. The third-order valence-electron chi connectivity index (χ3n) is 3.96. The molecule has 1 amide bonds. The van der Waals surface area contributed by atoms with Gasteiger partial charge in [-0.1, -0.05) is 22.0 Å². The number of halogens is 1. The van der Waals surface area contributed by atoms with Crippen molar-refractivity contribution < 1.29 is 13.2 Å². The summed E-state index contributed by atoms with van der Waals surface area (Å²) in [4.78, 5) is 14.2. The fourth-order valence-corrected chi connectivity index (χ4v) is 3.81. The van der Waals surface area contributed by atoms with E-state index in [0.29, 0.717) is 17.8 Å². The molecule has 3 rings (SSSR count). The summed E-state index contributed by atoms with van der Waals surface area (Å²) >= 11 is 8.58. The van der Waals surface area contributed by atoms with Crippen molar-refractivity contribution in [2.45, 2.75) is 11.8 Å². The number of thiocarbonyl (C=S) groups is 1. The van der Waals surface area contributed by atoms with Crippen LogP contribution in [0.2, 0.25) is 0 Å². The number of carbonyl (C=O) groups is 1. The van der Waals surface area contributed by atoms with E-state index >= 15 is 0 Å². The Morgan fingerprint density at radius 2 is 2.04 bits per heavy atom. The standard InChI is InChI=1S/C17H16BrN5O3S2/c1-2-23-14-7-6-10(18)8-13(14)15(16(23)24)21-22-17(27)20-11-4-3-5-12(9-11)28(19,25)26/h3-9H,2H2,1H3,(H2,19,25,26)(H2,20,22,27). The largest absolute Gasteiger partial charge is 0.331 e. The first kappa shape index (κ1) is 20.4. The molecule has 0 saturated heterocycles. The third kappa shape index (κ3) is 4.22. The number of sulfonamides is 1. The van der Waals surface area contributed by atoms with Gasteiger partial charge in [-0.3, -0.25) is 10.2 Å². The Balaban J connectivity index is 1.80. The van der Waals surface area contributed by atoms with E-state index in [4.69, 9.17) is 17.4 Å². The maximum absolute atomic E-state index is 12.6. The van der Waals surface area contributed by atoms with Crippen molar-refractivity contribution in [3.63, 3.8) is 0 Å². The minimum Gasteiger partial charge on any atom is -0.331 e. The summed E-state index contributed by atoms with van der Waals surface area (Å²) in [6, 6.07) is 11.4. The van der Waals surface area contributed by atoms with Gasteiger partial charge in [-0.15, -0.1) is 0 Å². The van der Waals surface area contributed by atoms with Crippen LogP contribution in [0.15, 0.2) is 56.9 Å². The van der Waals surface area contributed by atoms with Gasteiger partial charge in [-0.2, -0.15) is 5.10 Å². The van der Waals surface area contributed by atoms with Crippen LogP contribution in [0, 0.1) is 0 Å². The summed E-state index contributed by atoms with van der Waals surface area (Å²) < 4.78 is 23.7. The fraction of sp³-hybridized carbons (Fsp3) is 0.118. The zero-order valence-electron chi connectivity index (χ0n) is 14.6. The molecule has 146 valence electrons. The molecule has 0 spiro atoms. The number of nitrogens with two attached hydrogens (primary N) is 1. The minimum atomic E-state index is -3.83. The predicted molar refractivity (Wildman–Crippen MR) is 116 cm³/mol. The quantitative estimate of drug-likeness (QED) is 0.454. The molecular formula is C17H16BrN5O3S2. The first-order chi connectivity index (χ1) is 13.2. The normalized spacial score (nSPS) is 14.9. The Bertz CT molecular complexity index is 1100. The van der Waals surface area contributed by atoms with Gasteiger partial charge in [-0.25, -0.2) is 13.6 Å². The molecule has 1 heterocycles. The van der Waals surface area contributed by atoms with Crippen molar-refractivity contribution in [2.24, 2.45) is 10.2 Å². The van der Waals surface area contributed by atoms with E-state index in [1.165, 1.54) is 18.2 Å². The summed E-state index contributed by atoms with van der Waals surface area (Å²) in [5.74, 6) is -0.234. The van der Waals surface area contributed by atoms with Crippen LogP contribution in [-0.2, 0) is 14.8 Å². The van der Waals surface area contributed by atoms with Crippen LogP contribution < -0.4 is 20.8 Å². The van der Waals surface area contributed by atoms with Gasteiger partial charge in [0.1, 0.15) is 0 Å². The van der Waals surface area contributed by atoms with Gasteiger partial charge < -0.3 is 10.2 Å². The van der Waals surface area contributed by atoms with E-state index in [0.717, 1.165) is 10.2 Å². The number of fused-ring (bicyclic) bond motifs is 1. The number of amides is 1. The Morgan fingerprint density at radius 1 is 1.29 bits per heavy atom. The molecule has 0 unspecified atom stereocenters. The molecule has 0 aliphatic carbocycles. The van der Waals surface area contributed by atoms with Crippen molar-refractivity contribution in [3.8, 4) is 0 Å². The maximum atomic E-state index is 12.6. The lowest BCUT2D eigenvalue weighted by Gasteiger charge is -2.13. The molecule has 8 nitrogen and oxygen atoms in total. The lowest BCUT2D eigenvalue weighted by atomic mass is 10.1. The first-order valence-electron chi connectivity index (χ1n) is 8.10. The summed E-state index contributed by atoms with van der Waals surface area (Å²) in [7, 11) is -3.83. The molecular weight excluding hydrogens is 466 g/mol. The highest BCUT2D eigenvalue weighted by molar-refractivity contribution is 9.10. The Labute approximate surface area is 176 Å². The molecule has 0 radical (unpaired) electrons. The summed E-state index contributed by atoms with van der Waals surface area (Å²) in [5, 5.41) is 12.2. The van der Waals surface area contributed by atoms with Gasteiger partial charge in [0.15, 0.2) is 10.8 Å². The van der Waals surface area contributed by atoms with Gasteiger partial charge in [0.2, 0.25) is 10.0 Å². The van der Waals surface area contributed by atoms with Crippen LogP contribution in [-0.4, -0.2) is 31.7 Å². The van der Waals surface area contributed by atoms with Gasteiger partial charge in [0.25, 0.3) is 5.91 Å². The Morgan fingerprint density at radius 3 is 2.71 bits per heavy atom. The van der Waals surface area contributed by atoms with Crippen molar-refractivity contribution in [1.82, 2.24) is 5.43 Å². The minimum absolute atomic E-state index is 0.0463. The molecule has 0 fully saturated rings. The van der Waals surface area contributed by atoms with Crippen LogP contribution in [0.25, 0.3) is 0 Å². The second-order valence-electron chi connectivity index (χ2n) is 5.81. The molecule has 0 atom stereocenters. The van der Waals surface area contributed by atoms with E-state index in [2.05, 4.69) is 31.8 Å². The Kier molecular flexibility index (Phi) is 5.79. The van der Waals surface area contributed by atoms with Crippen LogP contribution in [0.1, 0.15) is 12.5 Å². The molecule has 1 aliphatic rings. The van der Waals surface area contributed by atoms with Crippen molar-refractivity contribution >= 4 is 66.3 Å². The van der Waals surface area contributed by atoms with Gasteiger partial charge in [0, 0.05) is 22.3 Å². The molecule has 0 bridgehead atoms. The molecule has 2 aromatic rings. The predicted octanol–water partition coefficient (Wildman–Crippen LogP) is 2.15. The number of hydrogen-bond donors (Lipinski definition) is 3. The van der Waals surface area contributed by atoms with Crippen LogP contribution >= 0.6 is 28.1 Å². The number of anilines is 2. The average molecular weight is 482 g/mol.